The van der Waals surface area contributed by atoms with Crippen molar-refractivity contribution < 1.29 is 4.39 Å². The monoisotopic (exact) mass is 283 g/mol. The summed E-state index contributed by atoms with van der Waals surface area (Å²) in [5, 5.41) is 4.04. The molecule has 84 valence electrons. The first-order valence-corrected chi connectivity index (χ1v) is 5.56. The molecule has 2 aromatic rings. The number of hydrogen-bond donors (Lipinski definition) is 1. The molecule has 1 heterocycles. The maximum absolute atomic E-state index is 13.1. The Hall–Kier alpha value is -1.20. The van der Waals surface area contributed by atoms with Crippen LogP contribution in [0.3, 0.4) is 0 Å². The van der Waals surface area contributed by atoms with E-state index in [9.17, 15) is 4.39 Å². The summed E-state index contributed by atoms with van der Waals surface area (Å²) < 4.78 is 15.6. The molecule has 0 spiro atoms. The summed E-state index contributed by atoms with van der Waals surface area (Å²) in [4.78, 5) is 0. The van der Waals surface area contributed by atoms with Crippen molar-refractivity contribution in [2.45, 2.75) is 6.04 Å². The van der Waals surface area contributed by atoms with E-state index in [2.05, 4.69) is 21.0 Å². The van der Waals surface area contributed by atoms with E-state index in [4.69, 9.17) is 5.73 Å². The molecule has 16 heavy (non-hydrogen) atoms. The summed E-state index contributed by atoms with van der Waals surface area (Å²) in [5.74, 6) is -0.294. The van der Waals surface area contributed by atoms with Gasteiger partial charge in [-0.25, -0.2) is 4.39 Å². The van der Waals surface area contributed by atoms with Crippen molar-refractivity contribution in [1.82, 2.24) is 9.78 Å². The lowest BCUT2D eigenvalue weighted by atomic mass is 10.0. The van der Waals surface area contributed by atoms with Crippen LogP contribution in [-0.4, -0.2) is 9.78 Å². The van der Waals surface area contributed by atoms with Crippen molar-refractivity contribution in [2.75, 3.05) is 0 Å². The topological polar surface area (TPSA) is 43.8 Å². The molecule has 1 atom stereocenters. The first-order valence-electron chi connectivity index (χ1n) is 4.77. The Morgan fingerprint density at radius 2 is 2.25 bits per heavy atom. The van der Waals surface area contributed by atoms with E-state index in [0.717, 1.165) is 10.0 Å². The lowest BCUT2D eigenvalue weighted by Crippen LogP contribution is -2.12. The normalized spacial score (nSPS) is 12.8. The Morgan fingerprint density at radius 1 is 1.50 bits per heavy atom. The largest absolute Gasteiger partial charge is 0.320 e. The van der Waals surface area contributed by atoms with Crippen LogP contribution in [0.1, 0.15) is 17.2 Å². The molecule has 0 radical (unpaired) electrons. The van der Waals surface area contributed by atoms with Crippen LogP contribution in [0.2, 0.25) is 0 Å². The van der Waals surface area contributed by atoms with E-state index in [-0.39, 0.29) is 11.9 Å². The van der Waals surface area contributed by atoms with E-state index in [0.29, 0.717) is 5.56 Å². The van der Waals surface area contributed by atoms with Crippen LogP contribution < -0.4 is 5.73 Å². The maximum atomic E-state index is 13.1. The third kappa shape index (κ3) is 2.15. The minimum Gasteiger partial charge on any atom is -0.320 e. The van der Waals surface area contributed by atoms with Crippen LogP contribution in [0.15, 0.2) is 35.1 Å². The molecule has 3 nitrogen and oxygen atoms in total. The lowest BCUT2D eigenvalue weighted by Gasteiger charge is -2.12. The van der Waals surface area contributed by atoms with Gasteiger partial charge in [-0.05, 0) is 23.8 Å². The summed E-state index contributed by atoms with van der Waals surface area (Å²) in [5.41, 5.74) is 7.62. The van der Waals surface area contributed by atoms with Crippen LogP contribution in [0, 0.1) is 5.82 Å². The summed E-state index contributed by atoms with van der Waals surface area (Å²) in [6, 6.07) is 4.10. The zero-order valence-electron chi connectivity index (χ0n) is 8.69. The molecule has 0 aliphatic rings. The maximum Gasteiger partial charge on any atom is 0.123 e. The van der Waals surface area contributed by atoms with Gasteiger partial charge in [0.2, 0.25) is 0 Å². The summed E-state index contributed by atoms with van der Waals surface area (Å²) in [6.07, 6.45) is 3.50. The Kier molecular flexibility index (Phi) is 3.07. The van der Waals surface area contributed by atoms with Crippen LogP contribution >= 0.6 is 15.9 Å². The molecule has 0 saturated carbocycles. The predicted octanol–water partition coefficient (Wildman–Crippen LogP) is 2.37. The second kappa shape index (κ2) is 4.35. The number of hydrogen-bond acceptors (Lipinski definition) is 2. The molecule has 1 unspecified atom stereocenters. The van der Waals surface area contributed by atoms with Crippen molar-refractivity contribution in [1.29, 1.82) is 0 Å². The highest BCUT2D eigenvalue weighted by Gasteiger charge is 2.14. The Bertz CT molecular complexity index is 510. The van der Waals surface area contributed by atoms with Gasteiger partial charge in [-0.1, -0.05) is 15.9 Å². The van der Waals surface area contributed by atoms with Crippen molar-refractivity contribution in [2.24, 2.45) is 12.8 Å². The highest BCUT2D eigenvalue weighted by molar-refractivity contribution is 9.10. The fourth-order valence-electron chi connectivity index (χ4n) is 1.53. The zero-order valence-corrected chi connectivity index (χ0v) is 10.3. The van der Waals surface area contributed by atoms with Crippen molar-refractivity contribution in [3.05, 3.63) is 52.0 Å². The smallest absolute Gasteiger partial charge is 0.123 e. The molecule has 1 aromatic heterocycles. The van der Waals surface area contributed by atoms with Crippen LogP contribution in [-0.2, 0) is 7.05 Å². The van der Waals surface area contributed by atoms with E-state index < -0.39 is 0 Å². The standard InChI is InChI=1S/C11H11BrFN3/c1-16-6-7(5-15-16)11(14)9-4-8(13)2-3-10(9)12/h2-6,11H,14H2,1H3. The van der Waals surface area contributed by atoms with Gasteiger partial charge in [-0.3, -0.25) is 4.68 Å². The van der Waals surface area contributed by atoms with Gasteiger partial charge in [0.05, 0.1) is 12.2 Å². The molecule has 0 saturated heterocycles. The zero-order chi connectivity index (χ0) is 11.7. The fraction of sp³-hybridized carbons (Fsp3) is 0.182. The van der Waals surface area contributed by atoms with Crippen molar-refractivity contribution in [3.63, 3.8) is 0 Å². The average molecular weight is 284 g/mol. The predicted molar refractivity (Wildman–Crippen MR) is 63.3 cm³/mol. The van der Waals surface area contributed by atoms with Crippen LogP contribution in [0.5, 0.6) is 0 Å². The third-order valence-electron chi connectivity index (χ3n) is 2.38. The van der Waals surface area contributed by atoms with E-state index in [1.165, 1.54) is 12.1 Å². The molecule has 5 heteroatoms. The molecular weight excluding hydrogens is 273 g/mol. The minimum atomic E-state index is -0.376. The average Bonchev–Trinajstić information content (AvgIpc) is 2.67. The molecule has 0 fully saturated rings. The molecule has 1 aromatic carbocycles. The van der Waals surface area contributed by atoms with E-state index in [1.54, 1.807) is 16.9 Å². The fourth-order valence-corrected chi connectivity index (χ4v) is 2.03. The summed E-state index contributed by atoms with van der Waals surface area (Å²) in [7, 11) is 1.82. The number of aryl methyl sites for hydroxylation is 1. The SMILES string of the molecule is Cn1cc(C(N)c2cc(F)ccc2Br)cn1. The molecule has 2 N–H and O–H groups in total. The van der Waals surface area contributed by atoms with Crippen molar-refractivity contribution >= 4 is 15.9 Å². The first-order chi connectivity index (χ1) is 7.58. The molecular formula is C11H11BrFN3. The highest BCUT2D eigenvalue weighted by Crippen LogP contribution is 2.27. The van der Waals surface area contributed by atoms with E-state index in [1.807, 2.05) is 13.2 Å². The van der Waals surface area contributed by atoms with Crippen LogP contribution in [0.4, 0.5) is 4.39 Å². The van der Waals surface area contributed by atoms with Gasteiger partial charge in [0.25, 0.3) is 0 Å². The summed E-state index contributed by atoms with van der Waals surface area (Å²) in [6.45, 7) is 0. The second-order valence-electron chi connectivity index (χ2n) is 3.59. The molecule has 0 aliphatic heterocycles. The molecule has 0 bridgehead atoms. The van der Waals surface area contributed by atoms with Gasteiger partial charge in [0.1, 0.15) is 5.82 Å². The van der Waals surface area contributed by atoms with Gasteiger partial charge < -0.3 is 5.73 Å². The van der Waals surface area contributed by atoms with Gasteiger partial charge in [-0.2, -0.15) is 5.10 Å². The molecule has 2 rings (SSSR count). The number of rotatable bonds is 2. The van der Waals surface area contributed by atoms with Crippen LogP contribution in [0.25, 0.3) is 0 Å². The lowest BCUT2D eigenvalue weighted by molar-refractivity contribution is 0.623. The number of aromatic nitrogens is 2. The summed E-state index contributed by atoms with van der Waals surface area (Å²) >= 11 is 3.36. The van der Waals surface area contributed by atoms with Crippen molar-refractivity contribution in [3.8, 4) is 0 Å². The number of halogens is 2. The number of nitrogens with two attached hydrogens (primary N) is 1. The van der Waals surface area contributed by atoms with Gasteiger partial charge in [-0.15, -0.1) is 0 Å². The van der Waals surface area contributed by atoms with Gasteiger partial charge in [0, 0.05) is 23.3 Å². The third-order valence-corrected chi connectivity index (χ3v) is 3.10. The Balaban J connectivity index is 2.40. The van der Waals surface area contributed by atoms with E-state index >= 15 is 0 Å². The van der Waals surface area contributed by atoms with Gasteiger partial charge in [0.15, 0.2) is 0 Å². The van der Waals surface area contributed by atoms with Gasteiger partial charge >= 0.3 is 0 Å². The minimum absolute atomic E-state index is 0.294. The Labute approximate surface area is 101 Å². The number of benzene rings is 1. The number of nitrogens with zero attached hydrogens (tertiary/aromatic N) is 2. The second-order valence-corrected chi connectivity index (χ2v) is 4.45. The molecule has 0 amide bonds. The molecule has 0 aliphatic carbocycles. The highest BCUT2D eigenvalue weighted by atomic mass is 79.9. The quantitative estimate of drug-likeness (QED) is 0.920. The first kappa shape index (κ1) is 11.3. The Morgan fingerprint density at radius 3 is 2.88 bits per heavy atom.